The molecule has 0 unspecified atom stereocenters. The minimum atomic E-state index is 0.329. The van der Waals surface area contributed by atoms with E-state index in [0.717, 1.165) is 5.69 Å². The Morgan fingerprint density at radius 1 is 0.955 bits per heavy atom. The Kier molecular flexibility index (Phi) is 3.87. The van der Waals surface area contributed by atoms with Crippen molar-refractivity contribution in [2.45, 2.75) is 6.92 Å². The van der Waals surface area contributed by atoms with Gasteiger partial charge in [0.2, 0.25) is 5.88 Å². The van der Waals surface area contributed by atoms with E-state index < -0.39 is 0 Å². The van der Waals surface area contributed by atoms with E-state index in [9.17, 15) is 0 Å². The molecule has 0 saturated carbocycles. The van der Waals surface area contributed by atoms with Gasteiger partial charge in [-0.15, -0.1) is 0 Å². The number of nitrogens with two attached hydrogens (primary N) is 1. The molecule has 0 aliphatic rings. The van der Waals surface area contributed by atoms with Crippen molar-refractivity contribution in [2.75, 3.05) is 11.1 Å². The molecular weight excluding hydrogens is 276 g/mol. The van der Waals surface area contributed by atoms with Gasteiger partial charge in [-0.05, 0) is 31.2 Å². The lowest BCUT2D eigenvalue weighted by molar-refractivity contribution is 0.464. The van der Waals surface area contributed by atoms with Crippen molar-refractivity contribution in [2.24, 2.45) is 0 Å². The first kappa shape index (κ1) is 13.9. The molecule has 0 aliphatic carbocycles. The summed E-state index contributed by atoms with van der Waals surface area (Å²) in [6.45, 7) is 2.04. The lowest BCUT2D eigenvalue weighted by Gasteiger charge is -2.11. The maximum absolute atomic E-state index is 6.10. The van der Waals surface area contributed by atoms with Crippen LogP contribution in [0, 0.1) is 6.92 Å². The van der Waals surface area contributed by atoms with Gasteiger partial charge in [-0.25, -0.2) is 4.98 Å². The number of nitrogens with one attached hydrogen (secondary N) is 1. The molecule has 0 aliphatic heterocycles. The third kappa shape index (κ3) is 3.15. The minimum Gasteiger partial charge on any atom is -0.437 e. The maximum atomic E-state index is 6.10. The van der Waals surface area contributed by atoms with Crippen LogP contribution in [0.5, 0.6) is 11.6 Å². The lowest BCUT2D eigenvalue weighted by Crippen LogP contribution is -2.03. The summed E-state index contributed by atoms with van der Waals surface area (Å²) in [6, 6.07) is 17.3. The van der Waals surface area contributed by atoms with Crippen LogP contribution in [0.1, 0.15) is 5.56 Å². The predicted octanol–water partition coefficient (Wildman–Crippen LogP) is 3.90. The summed E-state index contributed by atoms with van der Waals surface area (Å²) in [5.74, 6) is 1.52. The van der Waals surface area contributed by atoms with E-state index in [1.807, 2.05) is 61.5 Å². The van der Waals surface area contributed by atoms with Crippen molar-refractivity contribution < 1.29 is 4.74 Å². The molecule has 0 saturated heterocycles. The Morgan fingerprint density at radius 3 is 2.41 bits per heavy atom. The first-order valence-corrected chi connectivity index (χ1v) is 6.89. The fourth-order valence-corrected chi connectivity index (χ4v) is 1.93. The second kappa shape index (κ2) is 6.13. The number of hydrogen-bond donors (Lipinski definition) is 2. The topological polar surface area (TPSA) is 73.1 Å². The zero-order chi connectivity index (χ0) is 15.4. The van der Waals surface area contributed by atoms with E-state index in [1.165, 1.54) is 11.9 Å². The van der Waals surface area contributed by atoms with Crippen molar-refractivity contribution in [3.8, 4) is 11.6 Å². The number of para-hydroxylation sites is 1. The molecule has 5 heteroatoms. The monoisotopic (exact) mass is 292 g/mol. The first-order valence-electron chi connectivity index (χ1n) is 6.89. The number of anilines is 3. The molecule has 1 aromatic heterocycles. The molecule has 5 nitrogen and oxygen atoms in total. The number of benzene rings is 2. The molecule has 0 bridgehead atoms. The third-order valence-corrected chi connectivity index (χ3v) is 3.12. The highest BCUT2D eigenvalue weighted by Crippen LogP contribution is 2.30. The molecule has 1 heterocycles. The van der Waals surface area contributed by atoms with E-state index >= 15 is 0 Å². The van der Waals surface area contributed by atoms with Crippen LogP contribution in [-0.2, 0) is 0 Å². The standard InChI is InChI=1S/C17H16N4O/c1-12-7-9-13(10-8-12)21-16-15(18)17(20-11-19-16)22-14-5-3-2-4-6-14/h2-11H,18H2,1H3,(H,19,20,21). The maximum Gasteiger partial charge on any atom is 0.248 e. The molecule has 22 heavy (non-hydrogen) atoms. The molecule has 0 radical (unpaired) electrons. The van der Waals surface area contributed by atoms with Gasteiger partial charge < -0.3 is 15.8 Å². The second-order valence-corrected chi connectivity index (χ2v) is 4.85. The Hall–Kier alpha value is -3.08. The van der Waals surface area contributed by atoms with Gasteiger partial charge in [0, 0.05) is 5.69 Å². The number of ether oxygens (including phenoxy) is 1. The number of hydrogen-bond acceptors (Lipinski definition) is 5. The van der Waals surface area contributed by atoms with Crippen LogP contribution < -0.4 is 15.8 Å². The number of nitrogens with zero attached hydrogens (tertiary/aromatic N) is 2. The van der Waals surface area contributed by atoms with E-state index in [4.69, 9.17) is 10.5 Å². The van der Waals surface area contributed by atoms with Gasteiger partial charge in [0.05, 0.1) is 0 Å². The van der Waals surface area contributed by atoms with E-state index in [1.54, 1.807) is 0 Å². The summed E-state index contributed by atoms with van der Waals surface area (Å²) >= 11 is 0. The second-order valence-electron chi connectivity index (χ2n) is 4.85. The summed E-state index contributed by atoms with van der Waals surface area (Å²) in [6.07, 6.45) is 1.42. The van der Waals surface area contributed by atoms with Crippen LogP contribution in [0.3, 0.4) is 0 Å². The van der Waals surface area contributed by atoms with Crippen molar-refractivity contribution in [3.63, 3.8) is 0 Å². The van der Waals surface area contributed by atoms with Gasteiger partial charge >= 0.3 is 0 Å². The van der Waals surface area contributed by atoms with E-state index in [-0.39, 0.29) is 0 Å². The summed E-state index contributed by atoms with van der Waals surface area (Å²) in [5, 5.41) is 3.17. The molecule has 3 aromatic rings. The minimum absolute atomic E-state index is 0.329. The molecule has 0 spiro atoms. The van der Waals surface area contributed by atoms with Crippen molar-refractivity contribution in [1.82, 2.24) is 9.97 Å². The molecule has 2 aromatic carbocycles. The predicted molar refractivity (Wildman–Crippen MR) is 87.4 cm³/mol. The van der Waals surface area contributed by atoms with Crippen LogP contribution in [0.25, 0.3) is 0 Å². The SMILES string of the molecule is Cc1ccc(Nc2ncnc(Oc3ccccc3)c2N)cc1. The van der Waals surface area contributed by atoms with E-state index in [0.29, 0.717) is 23.1 Å². The highest BCUT2D eigenvalue weighted by molar-refractivity contribution is 5.72. The lowest BCUT2D eigenvalue weighted by atomic mass is 10.2. The van der Waals surface area contributed by atoms with Crippen LogP contribution in [0.4, 0.5) is 17.2 Å². The van der Waals surface area contributed by atoms with Gasteiger partial charge in [0.25, 0.3) is 0 Å². The van der Waals surface area contributed by atoms with Crippen LogP contribution in [0.15, 0.2) is 60.9 Å². The smallest absolute Gasteiger partial charge is 0.248 e. The summed E-state index contributed by atoms with van der Waals surface area (Å²) in [5.41, 5.74) is 8.56. The molecule has 0 amide bonds. The van der Waals surface area contributed by atoms with Gasteiger partial charge in [0.15, 0.2) is 5.82 Å². The van der Waals surface area contributed by atoms with Gasteiger partial charge in [-0.2, -0.15) is 4.98 Å². The van der Waals surface area contributed by atoms with Crippen molar-refractivity contribution in [1.29, 1.82) is 0 Å². The fourth-order valence-electron chi connectivity index (χ4n) is 1.93. The highest BCUT2D eigenvalue weighted by Gasteiger charge is 2.10. The molecule has 110 valence electrons. The first-order chi connectivity index (χ1) is 10.7. The van der Waals surface area contributed by atoms with Gasteiger partial charge in [0.1, 0.15) is 17.8 Å². The molecule has 3 N–H and O–H groups in total. The van der Waals surface area contributed by atoms with Gasteiger partial charge in [-0.1, -0.05) is 35.9 Å². The zero-order valence-electron chi connectivity index (χ0n) is 12.2. The Bertz CT molecular complexity index is 757. The fraction of sp³-hybridized carbons (Fsp3) is 0.0588. The molecule has 0 fully saturated rings. The highest BCUT2D eigenvalue weighted by atomic mass is 16.5. The van der Waals surface area contributed by atoms with Crippen LogP contribution in [-0.4, -0.2) is 9.97 Å². The number of aromatic nitrogens is 2. The average Bonchev–Trinajstić information content (AvgIpc) is 2.54. The quantitative estimate of drug-likeness (QED) is 0.763. The van der Waals surface area contributed by atoms with Crippen LogP contribution in [0.2, 0.25) is 0 Å². The van der Waals surface area contributed by atoms with Crippen LogP contribution >= 0.6 is 0 Å². The van der Waals surface area contributed by atoms with Crippen molar-refractivity contribution >= 4 is 17.2 Å². The Morgan fingerprint density at radius 2 is 1.68 bits per heavy atom. The normalized spacial score (nSPS) is 10.2. The summed E-state index contributed by atoms with van der Waals surface area (Å²) < 4.78 is 5.69. The van der Waals surface area contributed by atoms with Crippen molar-refractivity contribution in [3.05, 3.63) is 66.5 Å². The molecule has 0 atom stereocenters. The zero-order valence-corrected chi connectivity index (χ0v) is 12.2. The average molecular weight is 292 g/mol. The summed E-state index contributed by atoms with van der Waals surface area (Å²) in [7, 11) is 0. The number of aryl methyl sites for hydroxylation is 1. The third-order valence-electron chi connectivity index (χ3n) is 3.12. The largest absolute Gasteiger partial charge is 0.437 e. The Balaban J connectivity index is 1.84. The number of nitrogen functional groups attached to an aromatic ring is 1. The molecule has 3 rings (SSSR count). The summed E-state index contributed by atoms with van der Waals surface area (Å²) in [4.78, 5) is 8.26. The number of rotatable bonds is 4. The molecular formula is C17H16N4O. The van der Waals surface area contributed by atoms with Gasteiger partial charge in [-0.3, -0.25) is 0 Å². The van der Waals surface area contributed by atoms with E-state index in [2.05, 4.69) is 15.3 Å². The Labute approximate surface area is 128 Å².